The maximum absolute atomic E-state index is 10.9. The maximum Gasteiger partial charge on any atom is 0.406 e. The number of hydrogen-bond donors (Lipinski definition) is 1. The number of anilines is 1. The lowest BCUT2D eigenvalue weighted by Gasteiger charge is -2.34. The van der Waals surface area contributed by atoms with Gasteiger partial charge in [-0.05, 0) is 9.91 Å². The van der Waals surface area contributed by atoms with Crippen molar-refractivity contribution < 1.29 is 10.0 Å². The first kappa shape index (κ1) is 12.8. The van der Waals surface area contributed by atoms with Gasteiger partial charge in [-0.2, -0.15) is 0 Å². The summed E-state index contributed by atoms with van der Waals surface area (Å²) in [5.74, 6) is 0.469. The molecule has 0 aliphatic carbocycles. The van der Waals surface area contributed by atoms with Gasteiger partial charge in [-0.25, -0.2) is 0 Å². The molecule has 1 aromatic heterocycles. The summed E-state index contributed by atoms with van der Waals surface area (Å²) >= 11 is 0. The van der Waals surface area contributed by atoms with Crippen molar-refractivity contribution in [3.05, 3.63) is 16.4 Å². The number of aromatic nitrogens is 2. The van der Waals surface area contributed by atoms with Crippen molar-refractivity contribution in [1.29, 1.82) is 0 Å². The zero-order valence-corrected chi connectivity index (χ0v) is 10.3. The number of aliphatic hydroxyl groups excluding tert-OH is 1. The first-order chi connectivity index (χ1) is 8.63. The van der Waals surface area contributed by atoms with E-state index in [0.717, 1.165) is 13.1 Å². The van der Waals surface area contributed by atoms with Gasteiger partial charge < -0.3 is 20.1 Å². The van der Waals surface area contributed by atoms with E-state index in [2.05, 4.69) is 9.88 Å². The van der Waals surface area contributed by atoms with Crippen LogP contribution in [-0.4, -0.2) is 63.8 Å². The molecule has 0 aromatic carbocycles. The lowest BCUT2D eigenvalue weighted by Crippen LogP contribution is -2.47. The van der Waals surface area contributed by atoms with E-state index in [1.54, 1.807) is 11.6 Å². The summed E-state index contributed by atoms with van der Waals surface area (Å²) in [6, 6.07) is 0. The molecule has 8 heteroatoms. The maximum atomic E-state index is 10.9. The molecular formula is C10H17N5O3. The molecule has 0 bridgehead atoms. The Bertz CT molecular complexity index is 425. The van der Waals surface area contributed by atoms with Gasteiger partial charge in [-0.15, -0.1) is 0 Å². The van der Waals surface area contributed by atoms with Gasteiger partial charge in [0.25, 0.3) is 0 Å². The number of piperazine rings is 1. The molecule has 0 saturated carbocycles. The monoisotopic (exact) mass is 255 g/mol. The van der Waals surface area contributed by atoms with Gasteiger partial charge in [-0.3, -0.25) is 9.47 Å². The molecule has 1 aromatic rings. The van der Waals surface area contributed by atoms with Crippen LogP contribution in [0.1, 0.15) is 0 Å². The summed E-state index contributed by atoms with van der Waals surface area (Å²) in [6.07, 6.45) is 1.47. The number of aryl methyl sites for hydroxylation is 1. The number of β-amino-alcohol motifs (C(OH)–C–C–N with tert-alkyl or cyclic N) is 1. The van der Waals surface area contributed by atoms with Crippen LogP contribution in [0.15, 0.2) is 6.33 Å². The summed E-state index contributed by atoms with van der Waals surface area (Å²) in [7, 11) is 1.76. The second kappa shape index (κ2) is 5.32. The molecule has 0 unspecified atom stereocenters. The third kappa shape index (κ3) is 2.44. The fourth-order valence-corrected chi connectivity index (χ4v) is 2.23. The van der Waals surface area contributed by atoms with Crippen molar-refractivity contribution in [1.82, 2.24) is 14.5 Å². The number of hydrogen-bond acceptors (Lipinski definition) is 6. The van der Waals surface area contributed by atoms with Gasteiger partial charge in [-0.1, -0.05) is 0 Å². The quantitative estimate of drug-likeness (QED) is 0.573. The van der Waals surface area contributed by atoms with Gasteiger partial charge in [0, 0.05) is 39.8 Å². The molecule has 18 heavy (non-hydrogen) atoms. The van der Waals surface area contributed by atoms with E-state index in [9.17, 15) is 10.1 Å². The Hall–Kier alpha value is -1.67. The molecule has 1 N–H and O–H groups in total. The van der Waals surface area contributed by atoms with Crippen molar-refractivity contribution in [3.63, 3.8) is 0 Å². The van der Waals surface area contributed by atoms with Gasteiger partial charge in [0.15, 0.2) is 0 Å². The Balaban J connectivity index is 2.09. The van der Waals surface area contributed by atoms with Gasteiger partial charge in [0.05, 0.1) is 6.61 Å². The highest BCUT2D eigenvalue weighted by Crippen LogP contribution is 2.26. The van der Waals surface area contributed by atoms with Crippen molar-refractivity contribution >= 4 is 11.6 Å². The molecule has 1 fully saturated rings. The summed E-state index contributed by atoms with van der Waals surface area (Å²) in [4.78, 5) is 18.4. The van der Waals surface area contributed by atoms with E-state index >= 15 is 0 Å². The second-order valence-corrected chi connectivity index (χ2v) is 4.31. The molecule has 8 nitrogen and oxygen atoms in total. The zero-order valence-electron chi connectivity index (χ0n) is 10.3. The molecule has 2 heterocycles. The summed E-state index contributed by atoms with van der Waals surface area (Å²) in [6.45, 7) is 3.81. The highest BCUT2D eigenvalue weighted by atomic mass is 16.6. The Labute approximate surface area is 105 Å². The number of nitrogens with zero attached hydrogens (tertiary/aromatic N) is 5. The van der Waals surface area contributed by atoms with E-state index in [-0.39, 0.29) is 12.4 Å². The van der Waals surface area contributed by atoms with Crippen molar-refractivity contribution in [2.45, 2.75) is 0 Å². The summed E-state index contributed by atoms with van der Waals surface area (Å²) in [5.41, 5.74) is 0. The molecule has 100 valence electrons. The third-order valence-electron chi connectivity index (χ3n) is 3.15. The van der Waals surface area contributed by atoms with Crippen LogP contribution in [0.2, 0.25) is 0 Å². The van der Waals surface area contributed by atoms with Crippen LogP contribution in [0.4, 0.5) is 11.6 Å². The number of rotatable bonds is 4. The van der Waals surface area contributed by atoms with E-state index in [1.165, 1.54) is 6.33 Å². The van der Waals surface area contributed by atoms with E-state index in [1.807, 2.05) is 4.90 Å². The minimum atomic E-state index is -0.449. The zero-order chi connectivity index (χ0) is 13.1. The Morgan fingerprint density at radius 1 is 1.44 bits per heavy atom. The molecule has 0 atom stereocenters. The Morgan fingerprint density at radius 3 is 2.67 bits per heavy atom. The molecule has 1 saturated heterocycles. The lowest BCUT2D eigenvalue weighted by atomic mass is 10.3. The minimum Gasteiger partial charge on any atom is -0.395 e. The van der Waals surface area contributed by atoms with Crippen molar-refractivity contribution in [2.75, 3.05) is 44.2 Å². The number of nitro groups is 1. The molecule has 0 radical (unpaired) electrons. The summed E-state index contributed by atoms with van der Waals surface area (Å²) in [5, 5.41) is 19.8. The van der Waals surface area contributed by atoms with Crippen LogP contribution in [0.5, 0.6) is 0 Å². The van der Waals surface area contributed by atoms with Crippen LogP contribution in [0, 0.1) is 10.1 Å². The first-order valence-electron chi connectivity index (χ1n) is 5.87. The largest absolute Gasteiger partial charge is 0.406 e. The molecule has 1 aliphatic rings. The fraction of sp³-hybridized carbons (Fsp3) is 0.700. The van der Waals surface area contributed by atoms with Crippen LogP contribution in [0.3, 0.4) is 0 Å². The normalized spacial score (nSPS) is 17.1. The average Bonchev–Trinajstić information content (AvgIpc) is 2.73. The predicted molar refractivity (Wildman–Crippen MR) is 65.6 cm³/mol. The fourth-order valence-electron chi connectivity index (χ4n) is 2.23. The van der Waals surface area contributed by atoms with E-state index < -0.39 is 4.92 Å². The highest BCUT2D eigenvalue weighted by Gasteiger charge is 2.27. The van der Waals surface area contributed by atoms with Crippen LogP contribution >= 0.6 is 0 Å². The third-order valence-corrected chi connectivity index (χ3v) is 3.15. The average molecular weight is 255 g/mol. The van der Waals surface area contributed by atoms with E-state index in [4.69, 9.17) is 5.11 Å². The number of aliphatic hydroxyl groups is 1. The number of imidazole rings is 1. The van der Waals surface area contributed by atoms with Gasteiger partial charge in [0.1, 0.15) is 0 Å². The minimum absolute atomic E-state index is 0.0897. The Morgan fingerprint density at radius 2 is 2.11 bits per heavy atom. The van der Waals surface area contributed by atoms with Crippen molar-refractivity contribution in [3.8, 4) is 0 Å². The lowest BCUT2D eigenvalue weighted by molar-refractivity contribution is -0.388. The molecule has 0 spiro atoms. The first-order valence-corrected chi connectivity index (χ1v) is 5.87. The second-order valence-electron chi connectivity index (χ2n) is 4.31. The van der Waals surface area contributed by atoms with Gasteiger partial charge >= 0.3 is 5.82 Å². The highest BCUT2D eigenvalue weighted by molar-refractivity contribution is 5.54. The van der Waals surface area contributed by atoms with E-state index in [0.29, 0.717) is 25.5 Å². The molecule has 2 rings (SSSR count). The van der Waals surface area contributed by atoms with Crippen LogP contribution in [-0.2, 0) is 7.05 Å². The Kier molecular flexibility index (Phi) is 3.78. The topological polar surface area (TPSA) is 87.7 Å². The van der Waals surface area contributed by atoms with Crippen LogP contribution in [0.25, 0.3) is 0 Å². The predicted octanol–water partition coefficient (Wildman–Crippen LogP) is -0.557. The summed E-state index contributed by atoms with van der Waals surface area (Å²) < 4.78 is 1.68. The SMILES string of the molecule is Cn1cnc([N+](=O)[O-])c1N1CCN(CCO)CC1. The van der Waals surface area contributed by atoms with Crippen molar-refractivity contribution in [2.24, 2.45) is 7.05 Å². The smallest absolute Gasteiger partial charge is 0.395 e. The molecular weight excluding hydrogens is 238 g/mol. The van der Waals surface area contributed by atoms with Gasteiger partial charge in [0.2, 0.25) is 12.1 Å². The standard InChI is InChI=1S/C10H17N5O3/c1-12-8-11-9(15(17)18)10(12)14-4-2-13(3-5-14)6-7-16/h8,16H,2-7H2,1H3. The molecule has 1 aliphatic heterocycles. The molecule has 0 amide bonds. The van der Waals surface area contributed by atoms with Crippen LogP contribution < -0.4 is 4.90 Å².